The molecular weight excluding hydrogens is 302 g/mol. The minimum atomic E-state index is -1.42. The van der Waals surface area contributed by atoms with E-state index in [1.54, 1.807) is 0 Å². The highest BCUT2D eigenvalue weighted by molar-refractivity contribution is 5.86. The van der Waals surface area contributed by atoms with E-state index in [4.69, 9.17) is 0 Å². The molecule has 1 aliphatic heterocycles. The topological polar surface area (TPSA) is 43.8 Å². The van der Waals surface area contributed by atoms with Crippen molar-refractivity contribution in [2.75, 3.05) is 20.1 Å². The summed E-state index contributed by atoms with van der Waals surface area (Å²) in [6, 6.07) is 3.82. The van der Waals surface area contributed by atoms with Gasteiger partial charge in [0, 0.05) is 25.7 Å². The summed E-state index contributed by atoms with van der Waals surface area (Å²) in [7, 11) is 1.87. The van der Waals surface area contributed by atoms with Crippen LogP contribution in [0.1, 0.15) is 32.3 Å². The Hall–Kier alpha value is -1.53. The minimum Gasteiger partial charge on any atom is -0.379 e. The third-order valence-electron chi connectivity index (χ3n) is 4.45. The maximum absolute atomic E-state index is 13.3. The number of hydrogen-bond acceptors (Lipinski definition) is 3. The van der Waals surface area contributed by atoms with Gasteiger partial charge in [0.15, 0.2) is 17.2 Å². The second-order valence-electron chi connectivity index (χ2n) is 6.62. The lowest BCUT2D eigenvalue weighted by Gasteiger charge is -2.41. The van der Waals surface area contributed by atoms with E-state index in [9.17, 15) is 18.7 Å². The monoisotopic (exact) mass is 326 g/mol. The van der Waals surface area contributed by atoms with Gasteiger partial charge in [-0.25, -0.2) is 8.78 Å². The van der Waals surface area contributed by atoms with Gasteiger partial charge in [0.25, 0.3) is 5.91 Å². The number of benzene rings is 1. The van der Waals surface area contributed by atoms with Crippen molar-refractivity contribution in [1.82, 2.24) is 9.80 Å². The Labute approximate surface area is 135 Å². The molecule has 0 aliphatic carbocycles. The average molecular weight is 326 g/mol. The van der Waals surface area contributed by atoms with E-state index in [0.717, 1.165) is 12.1 Å². The van der Waals surface area contributed by atoms with E-state index in [2.05, 4.69) is 0 Å². The molecule has 1 amide bonds. The first-order valence-electron chi connectivity index (χ1n) is 7.89. The normalized spacial score (nSPS) is 22.3. The third-order valence-corrected chi connectivity index (χ3v) is 4.45. The molecule has 2 rings (SSSR count). The van der Waals surface area contributed by atoms with Crippen LogP contribution in [0.25, 0.3) is 0 Å². The summed E-state index contributed by atoms with van der Waals surface area (Å²) in [5.74, 6) is -2.18. The van der Waals surface area contributed by atoms with Crippen LogP contribution in [-0.2, 0) is 11.3 Å². The number of halogens is 2. The van der Waals surface area contributed by atoms with Crippen LogP contribution < -0.4 is 0 Å². The number of carbonyl (C=O) groups excluding carboxylic acids is 1. The fourth-order valence-corrected chi connectivity index (χ4v) is 2.82. The zero-order valence-corrected chi connectivity index (χ0v) is 13.9. The van der Waals surface area contributed by atoms with Crippen molar-refractivity contribution in [3.8, 4) is 0 Å². The van der Waals surface area contributed by atoms with Gasteiger partial charge in [-0.1, -0.05) is 6.07 Å². The first-order chi connectivity index (χ1) is 10.7. The molecule has 1 aliphatic rings. The third kappa shape index (κ3) is 4.06. The molecule has 0 aromatic heterocycles. The van der Waals surface area contributed by atoms with Crippen LogP contribution in [0.4, 0.5) is 8.78 Å². The maximum Gasteiger partial charge on any atom is 0.256 e. The number of hydrogen-bond donors (Lipinski definition) is 1. The number of amides is 1. The Bertz CT molecular complexity index is 580. The molecule has 1 unspecified atom stereocenters. The highest BCUT2D eigenvalue weighted by Gasteiger charge is 2.43. The van der Waals surface area contributed by atoms with E-state index >= 15 is 0 Å². The van der Waals surface area contributed by atoms with Gasteiger partial charge in [0.05, 0.1) is 0 Å². The molecule has 1 fully saturated rings. The number of aliphatic hydroxyl groups is 1. The Morgan fingerprint density at radius 3 is 2.65 bits per heavy atom. The number of likely N-dealkylation sites (N-methyl/N-ethyl adjacent to an activating group) is 1. The van der Waals surface area contributed by atoms with Crippen molar-refractivity contribution in [3.63, 3.8) is 0 Å². The molecule has 1 heterocycles. The smallest absolute Gasteiger partial charge is 0.256 e. The van der Waals surface area contributed by atoms with E-state index < -0.39 is 17.2 Å². The summed E-state index contributed by atoms with van der Waals surface area (Å²) in [5.41, 5.74) is -0.908. The van der Waals surface area contributed by atoms with Crippen molar-refractivity contribution in [1.29, 1.82) is 0 Å². The van der Waals surface area contributed by atoms with E-state index in [0.29, 0.717) is 24.9 Å². The molecule has 128 valence electrons. The number of likely N-dealkylation sites (tertiary alicyclic amines) is 1. The lowest BCUT2D eigenvalue weighted by atomic mass is 9.90. The molecule has 1 aromatic carbocycles. The minimum absolute atomic E-state index is 0.170. The van der Waals surface area contributed by atoms with Crippen LogP contribution in [-0.4, -0.2) is 52.6 Å². The second-order valence-corrected chi connectivity index (χ2v) is 6.62. The van der Waals surface area contributed by atoms with Gasteiger partial charge < -0.3 is 14.9 Å². The van der Waals surface area contributed by atoms with Gasteiger partial charge in [-0.3, -0.25) is 4.79 Å². The molecule has 1 saturated heterocycles. The Balaban J connectivity index is 2.11. The highest BCUT2D eigenvalue weighted by Crippen LogP contribution is 2.26. The predicted molar refractivity (Wildman–Crippen MR) is 83.7 cm³/mol. The predicted octanol–water partition coefficient (Wildman–Crippen LogP) is 2.16. The molecule has 0 spiro atoms. The lowest BCUT2D eigenvalue weighted by molar-refractivity contribution is -0.160. The van der Waals surface area contributed by atoms with Gasteiger partial charge in [0.1, 0.15) is 0 Å². The highest BCUT2D eigenvalue weighted by atomic mass is 19.2. The summed E-state index contributed by atoms with van der Waals surface area (Å²) < 4.78 is 26.3. The second kappa shape index (κ2) is 6.93. The zero-order chi connectivity index (χ0) is 17.2. The SMILES string of the molecule is CC(C)N(C)CC1(O)CCCN(Cc2ccc(F)c(F)c2)C1=O. The quantitative estimate of drug-likeness (QED) is 0.902. The maximum atomic E-state index is 13.3. The largest absolute Gasteiger partial charge is 0.379 e. The Morgan fingerprint density at radius 1 is 1.35 bits per heavy atom. The number of nitrogens with zero attached hydrogens (tertiary/aromatic N) is 2. The Kier molecular flexibility index (Phi) is 5.37. The molecule has 0 saturated carbocycles. The van der Waals surface area contributed by atoms with Gasteiger partial charge >= 0.3 is 0 Å². The van der Waals surface area contributed by atoms with E-state index in [-0.39, 0.29) is 25.0 Å². The van der Waals surface area contributed by atoms with Crippen molar-refractivity contribution in [2.45, 2.75) is 44.9 Å². The molecule has 6 heteroatoms. The van der Waals surface area contributed by atoms with Crippen molar-refractivity contribution in [2.24, 2.45) is 0 Å². The number of piperidine rings is 1. The molecule has 4 nitrogen and oxygen atoms in total. The molecule has 0 radical (unpaired) electrons. The fraction of sp³-hybridized carbons (Fsp3) is 0.588. The lowest BCUT2D eigenvalue weighted by Crippen LogP contribution is -2.58. The van der Waals surface area contributed by atoms with Crippen LogP contribution >= 0.6 is 0 Å². The average Bonchev–Trinajstić information content (AvgIpc) is 2.48. The summed E-state index contributed by atoms with van der Waals surface area (Å²) in [4.78, 5) is 16.1. The summed E-state index contributed by atoms with van der Waals surface area (Å²) >= 11 is 0. The first-order valence-corrected chi connectivity index (χ1v) is 7.89. The molecule has 1 atom stereocenters. The fourth-order valence-electron chi connectivity index (χ4n) is 2.82. The van der Waals surface area contributed by atoms with Gasteiger partial charge in [-0.15, -0.1) is 0 Å². The molecule has 1 aromatic rings. The summed E-state index contributed by atoms with van der Waals surface area (Å²) in [5, 5.41) is 10.7. The first kappa shape index (κ1) is 17.8. The zero-order valence-electron chi connectivity index (χ0n) is 13.9. The van der Waals surface area contributed by atoms with Crippen LogP contribution in [0.3, 0.4) is 0 Å². The van der Waals surface area contributed by atoms with Crippen molar-refractivity contribution < 1.29 is 18.7 Å². The van der Waals surface area contributed by atoms with E-state index in [1.807, 2.05) is 25.8 Å². The summed E-state index contributed by atoms with van der Waals surface area (Å²) in [6.07, 6.45) is 1.09. The number of carbonyl (C=O) groups is 1. The van der Waals surface area contributed by atoms with Crippen molar-refractivity contribution in [3.05, 3.63) is 35.4 Å². The van der Waals surface area contributed by atoms with Crippen LogP contribution in [0, 0.1) is 11.6 Å². The molecule has 23 heavy (non-hydrogen) atoms. The van der Waals surface area contributed by atoms with Crippen molar-refractivity contribution >= 4 is 5.91 Å². The van der Waals surface area contributed by atoms with Crippen LogP contribution in [0.5, 0.6) is 0 Å². The molecule has 0 bridgehead atoms. The standard InChI is InChI=1S/C17H24F2N2O2/c1-12(2)20(3)11-17(23)7-4-8-21(16(17)22)10-13-5-6-14(18)15(19)9-13/h5-6,9,12,23H,4,7-8,10-11H2,1-3H3. The molecule has 1 N–H and O–H groups in total. The summed E-state index contributed by atoms with van der Waals surface area (Å²) in [6.45, 7) is 4.93. The van der Waals surface area contributed by atoms with Crippen LogP contribution in [0.2, 0.25) is 0 Å². The number of rotatable bonds is 5. The van der Waals surface area contributed by atoms with Crippen LogP contribution in [0.15, 0.2) is 18.2 Å². The van der Waals surface area contributed by atoms with Gasteiger partial charge in [0.2, 0.25) is 0 Å². The van der Waals surface area contributed by atoms with Gasteiger partial charge in [-0.05, 0) is 51.4 Å². The van der Waals surface area contributed by atoms with E-state index in [1.165, 1.54) is 11.0 Å². The molecular formula is C17H24F2N2O2. The van der Waals surface area contributed by atoms with Gasteiger partial charge in [-0.2, -0.15) is 0 Å². The Morgan fingerprint density at radius 2 is 2.04 bits per heavy atom.